The first kappa shape index (κ1) is 42.4. The molecule has 4 aromatic rings. The molecule has 4 rings (SSSR count). The summed E-state index contributed by atoms with van der Waals surface area (Å²) in [5, 5.41) is 3.32. The number of halogens is 6. The van der Waals surface area contributed by atoms with Crippen LogP contribution in [0.1, 0.15) is 0 Å². The Morgan fingerprint density at radius 3 is 0.881 bits per heavy atom. The van der Waals surface area contributed by atoms with Crippen molar-refractivity contribution in [2.45, 2.75) is 9.79 Å². The molecule has 0 aliphatic carbocycles. The summed E-state index contributed by atoms with van der Waals surface area (Å²) in [7, 11) is -8.66. The minimum atomic E-state index is -4.33. The Balaban J connectivity index is 0. The van der Waals surface area contributed by atoms with Gasteiger partial charge in [0.1, 0.15) is 41.7 Å². The lowest BCUT2D eigenvalue weighted by Crippen LogP contribution is -2.40. The van der Waals surface area contributed by atoms with Gasteiger partial charge in [0.25, 0.3) is 0 Å². The number of rotatable bonds is 2. The van der Waals surface area contributed by atoms with Crippen molar-refractivity contribution in [1.29, 1.82) is 0 Å². The van der Waals surface area contributed by atoms with Gasteiger partial charge in [-0.15, -0.1) is 0 Å². The van der Waals surface area contributed by atoms with Crippen LogP contribution < -0.4 is 11.5 Å². The van der Waals surface area contributed by atoms with Crippen LogP contribution in [0.5, 0.6) is 0 Å². The van der Waals surface area contributed by atoms with E-state index < -0.39 is 20.2 Å². The van der Waals surface area contributed by atoms with E-state index in [1.54, 1.807) is 36.4 Å². The first-order valence-corrected chi connectivity index (χ1v) is 15.5. The molecule has 0 aromatic heterocycles. The molecule has 0 atom stereocenters. The van der Waals surface area contributed by atoms with Gasteiger partial charge in [-0.2, -0.15) is 0 Å². The number of quaternary nitrogens is 2. The third-order valence-electron chi connectivity index (χ3n) is 4.23. The van der Waals surface area contributed by atoms with E-state index in [9.17, 15) is 25.9 Å². The molecule has 0 heterocycles. The summed E-state index contributed by atoms with van der Waals surface area (Å²) in [6.45, 7) is 0. The quantitative estimate of drug-likeness (QED) is 0.279. The molecule has 0 aliphatic heterocycles. The van der Waals surface area contributed by atoms with Gasteiger partial charge in [0, 0.05) is 32.2 Å². The molecule has 0 amide bonds. The predicted octanol–water partition coefficient (Wildman–Crippen LogP) is 4.57. The van der Waals surface area contributed by atoms with Crippen molar-refractivity contribution in [3.05, 3.63) is 115 Å². The van der Waals surface area contributed by atoms with Crippen molar-refractivity contribution in [3.63, 3.8) is 0 Å². The monoisotopic (exact) mass is 742 g/mol. The van der Waals surface area contributed by atoms with E-state index >= 15 is 0 Å². The molecule has 42 heavy (non-hydrogen) atoms. The molecule has 0 bridgehead atoms. The highest BCUT2D eigenvalue weighted by molar-refractivity contribution is 7.86. The SMILES string of the molecule is O.O.O=S(=O)([O-])c1ccc(Cl)cc1.O=S(=O)([O-])c1ccc(Cl)cc1.[NH3+]c1ccc(Cl)cc1Cl.[NH3+]c1ccc(Cl)cc1Cl. The van der Waals surface area contributed by atoms with Gasteiger partial charge in [-0.05, 0) is 72.8 Å². The first-order valence-electron chi connectivity index (χ1n) is 10.4. The largest absolute Gasteiger partial charge is 0.744 e. The molecule has 0 saturated carbocycles. The summed E-state index contributed by atoms with van der Waals surface area (Å²) < 4.78 is 62.1. The Morgan fingerprint density at radius 2 is 0.690 bits per heavy atom. The van der Waals surface area contributed by atoms with Gasteiger partial charge in [0.05, 0.1) is 9.79 Å². The van der Waals surface area contributed by atoms with Gasteiger partial charge in [0.2, 0.25) is 0 Å². The summed E-state index contributed by atoms with van der Waals surface area (Å²) in [6, 6.07) is 20.5. The van der Waals surface area contributed by atoms with Crippen molar-refractivity contribution in [3.8, 4) is 0 Å². The van der Waals surface area contributed by atoms with Gasteiger partial charge in [0.15, 0.2) is 0 Å². The van der Waals surface area contributed by atoms with Crippen LogP contribution in [0.15, 0.2) is 94.7 Å². The van der Waals surface area contributed by atoms with Gasteiger partial charge in [-0.3, -0.25) is 0 Å². The van der Waals surface area contributed by atoms with E-state index in [-0.39, 0.29) is 20.7 Å². The minimum absolute atomic E-state index is 0. The molecular weight excluding hydrogens is 721 g/mol. The maximum atomic E-state index is 10.3. The average Bonchev–Trinajstić information content (AvgIpc) is 2.85. The van der Waals surface area contributed by atoms with Gasteiger partial charge in [-0.25, -0.2) is 16.8 Å². The minimum Gasteiger partial charge on any atom is -0.744 e. The molecule has 0 saturated heterocycles. The smallest absolute Gasteiger partial charge is 0.146 e. The Kier molecular flexibility index (Phi) is 19.7. The molecule has 4 aromatic carbocycles. The van der Waals surface area contributed by atoms with Crippen LogP contribution in [0.3, 0.4) is 0 Å². The van der Waals surface area contributed by atoms with E-state index in [4.69, 9.17) is 69.6 Å². The molecule has 18 heteroatoms. The van der Waals surface area contributed by atoms with Crippen LogP contribution in [0.4, 0.5) is 11.4 Å². The maximum absolute atomic E-state index is 10.3. The maximum Gasteiger partial charge on any atom is 0.146 e. The molecule has 0 spiro atoms. The fourth-order valence-electron chi connectivity index (χ4n) is 2.25. The summed E-state index contributed by atoms with van der Waals surface area (Å²) in [5.74, 6) is 0. The van der Waals surface area contributed by atoms with Crippen LogP contribution in [-0.4, -0.2) is 36.9 Å². The van der Waals surface area contributed by atoms with Gasteiger partial charge >= 0.3 is 0 Å². The lowest BCUT2D eigenvalue weighted by Gasteiger charge is -2.05. The van der Waals surface area contributed by atoms with Crippen LogP contribution in [0.2, 0.25) is 30.1 Å². The Labute approximate surface area is 272 Å². The highest BCUT2D eigenvalue weighted by atomic mass is 35.5. The lowest BCUT2D eigenvalue weighted by atomic mass is 10.3. The topological polar surface area (TPSA) is 233 Å². The molecule has 0 aliphatic rings. The highest BCUT2D eigenvalue weighted by Gasteiger charge is 2.00. The molecule has 0 fully saturated rings. The Morgan fingerprint density at radius 1 is 0.452 bits per heavy atom. The Hall–Kier alpha value is -1.72. The zero-order valence-electron chi connectivity index (χ0n) is 21.0. The van der Waals surface area contributed by atoms with Crippen molar-refractivity contribution in [2.24, 2.45) is 0 Å². The number of benzene rings is 4. The number of hydrogen-bond donors (Lipinski definition) is 2. The first-order chi connectivity index (χ1) is 18.4. The van der Waals surface area contributed by atoms with Crippen molar-refractivity contribution < 1.29 is 48.4 Å². The zero-order chi connectivity index (χ0) is 30.7. The Bertz CT molecular complexity index is 1500. The molecule has 232 valence electrons. The average molecular weight is 745 g/mol. The van der Waals surface area contributed by atoms with Gasteiger partial charge in [-0.1, -0.05) is 69.6 Å². The number of hydrogen-bond acceptors (Lipinski definition) is 6. The van der Waals surface area contributed by atoms with E-state index in [0.29, 0.717) is 30.1 Å². The van der Waals surface area contributed by atoms with Gasteiger partial charge < -0.3 is 31.5 Å². The van der Waals surface area contributed by atoms with Crippen LogP contribution in [0, 0.1) is 0 Å². The van der Waals surface area contributed by atoms with Crippen molar-refractivity contribution in [2.75, 3.05) is 0 Å². The molecule has 0 unspecified atom stereocenters. The van der Waals surface area contributed by atoms with Crippen LogP contribution >= 0.6 is 69.6 Å². The predicted molar refractivity (Wildman–Crippen MR) is 164 cm³/mol. The van der Waals surface area contributed by atoms with Crippen LogP contribution in [0.25, 0.3) is 0 Å². The summed E-state index contributed by atoms with van der Waals surface area (Å²) in [4.78, 5) is -0.524. The van der Waals surface area contributed by atoms with Crippen LogP contribution in [-0.2, 0) is 20.2 Å². The highest BCUT2D eigenvalue weighted by Crippen LogP contribution is 2.21. The van der Waals surface area contributed by atoms with Crippen molar-refractivity contribution >= 4 is 101 Å². The van der Waals surface area contributed by atoms with E-state index in [0.717, 1.165) is 11.4 Å². The summed E-state index contributed by atoms with van der Waals surface area (Å²) >= 11 is 33.5. The second kappa shape index (κ2) is 19.5. The normalized spacial score (nSPS) is 10.1. The standard InChI is InChI=1S/2C6H5Cl2N.2C6H5ClO3S.2H2O/c2*7-4-1-2-6(9)5(8)3-4;2*7-5-1-3-6(4-2-5)11(8,9)10;;/h2*1-3H,9H2;2*1-4H,(H,8,9,10);2*1H2. The fraction of sp³-hybridized carbons (Fsp3) is 0. The van der Waals surface area contributed by atoms with E-state index in [2.05, 4.69) is 11.5 Å². The second-order valence-corrected chi connectivity index (χ2v) is 12.6. The van der Waals surface area contributed by atoms with E-state index in [1.165, 1.54) is 48.5 Å². The summed E-state index contributed by atoms with van der Waals surface area (Å²) in [6.07, 6.45) is 0. The molecule has 10 N–H and O–H groups in total. The molecular formula is C24H24Cl6N2O8S2. The third kappa shape index (κ3) is 16.8. The second-order valence-electron chi connectivity index (χ2n) is 7.29. The third-order valence-corrected chi connectivity index (χ3v) is 7.61. The fourth-order valence-corrected chi connectivity index (χ4v) is 4.25. The molecule has 10 nitrogen and oxygen atoms in total. The zero-order valence-corrected chi connectivity index (χ0v) is 27.2. The summed E-state index contributed by atoms with van der Waals surface area (Å²) in [5.41, 5.74) is 8.95. The van der Waals surface area contributed by atoms with E-state index in [1.807, 2.05) is 0 Å². The molecule has 0 radical (unpaired) electrons. The van der Waals surface area contributed by atoms with Crippen molar-refractivity contribution in [1.82, 2.24) is 0 Å². The lowest BCUT2D eigenvalue weighted by molar-refractivity contribution is -0.255.